The van der Waals surface area contributed by atoms with Crippen LogP contribution in [0.5, 0.6) is 0 Å². The number of Topliss-reactive ketones (excluding diaryl/α,β-unsaturated/α-hetero) is 1. The second-order valence-electron chi connectivity index (χ2n) is 5.05. The van der Waals surface area contributed by atoms with Gasteiger partial charge in [-0.15, -0.1) is 0 Å². The number of amides is 1. The summed E-state index contributed by atoms with van der Waals surface area (Å²) in [7, 11) is 0. The summed E-state index contributed by atoms with van der Waals surface area (Å²) in [5, 5.41) is 0. The maximum atomic E-state index is 12.2. The first kappa shape index (κ1) is 11.6. The van der Waals surface area contributed by atoms with Crippen molar-refractivity contribution >= 4 is 11.7 Å². The van der Waals surface area contributed by atoms with Crippen LogP contribution in [0.2, 0.25) is 0 Å². The zero-order valence-electron chi connectivity index (χ0n) is 9.91. The zero-order valence-corrected chi connectivity index (χ0v) is 9.91. The summed E-state index contributed by atoms with van der Waals surface area (Å²) >= 11 is 0. The Balaban J connectivity index is 1.89. The minimum Gasteiger partial charge on any atom is -0.342 e. The lowest BCUT2D eigenvalue weighted by atomic mass is 9.88. The molecule has 1 saturated heterocycles. The third-order valence-corrected chi connectivity index (χ3v) is 3.81. The molecule has 2 rings (SSSR count). The van der Waals surface area contributed by atoms with E-state index in [0.717, 1.165) is 25.8 Å². The van der Waals surface area contributed by atoms with E-state index in [1.807, 2.05) is 4.90 Å². The highest BCUT2D eigenvalue weighted by molar-refractivity contribution is 5.82. The van der Waals surface area contributed by atoms with Crippen molar-refractivity contribution in [3.05, 3.63) is 0 Å². The Hall–Kier alpha value is -0.860. The van der Waals surface area contributed by atoms with Gasteiger partial charge in [-0.25, -0.2) is 0 Å². The smallest absolute Gasteiger partial charge is 0.225 e. The maximum absolute atomic E-state index is 12.2. The topological polar surface area (TPSA) is 37.4 Å². The van der Waals surface area contributed by atoms with Gasteiger partial charge in [-0.05, 0) is 19.3 Å². The molecule has 0 radical (unpaired) electrons. The average molecular weight is 223 g/mol. The molecule has 2 aliphatic rings. The predicted molar refractivity (Wildman–Crippen MR) is 62.0 cm³/mol. The number of nitrogens with zero attached hydrogens (tertiary/aromatic N) is 1. The van der Waals surface area contributed by atoms with Crippen LogP contribution < -0.4 is 0 Å². The number of ketones is 1. The van der Waals surface area contributed by atoms with E-state index in [1.165, 1.54) is 19.3 Å². The third kappa shape index (κ3) is 2.83. The molecule has 0 bridgehead atoms. The molecule has 0 atom stereocenters. The molecule has 1 saturated carbocycles. The van der Waals surface area contributed by atoms with Gasteiger partial charge in [0.15, 0.2) is 0 Å². The van der Waals surface area contributed by atoms with Crippen molar-refractivity contribution in [2.24, 2.45) is 5.92 Å². The first-order chi connectivity index (χ1) is 7.77. The largest absolute Gasteiger partial charge is 0.342 e. The fourth-order valence-electron chi connectivity index (χ4n) is 2.79. The molecule has 0 N–H and O–H groups in total. The van der Waals surface area contributed by atoms with Crippen molar-refractivity contribution in [1.82, 2.24) is 4.90 Å². The van der Waals surface area contributed by atoms with Crippen molar-refractivity contribution < 1.29 is 9.59 Å². The number of hydrogen-bond acceptors (Lipinski definition) is 2. The van der Waals surface area contributed by atoms with Gasteiger partial charge in [-0.1, -0.05) is 19.3 Å². The van der Waals surface area contributed by atoms with Crippen LogP contribution in [-0.2, 0) is 9.59 Å². The van der Waals surface area contributed by atoms with Gasteiger partial charge >= 0.3 is 0 Å². The minimum absolute atomic E-state index is 0.252. The summed E-state index contributed by atoms with van der Waals surface area (Å²) in [5.41, 5.74) is 0. The van der Waals surface area contributed by atoms with E-state index < -0.39 is 0 Å². The number of hydrogen-bond donors (Lipinski definition) is 0. The van der Waals surface area contributed by atoms with Crippen LogP contribution in [0.4, 0.5) is 0 Å². The molecule has 1 aliphatic heterocycles. The monoisotopic (exact) mass is 223 g/mol. The molecule has 3 nitrogen and oxygen atoms in total. The summed E-state index contributed by atoms with van der Waals surface area (Å²) < 4.78 is 0. The van der Waals surface area contributed by atoms with Gasteiger partial charge in [-0.3, -0.25) is 9.59 Å². The minimum atomic E-state index is 0.252. The summed E-state index contributed by atoms with van der Waals surface area (Å²) in [6.45, 7) is 1.45. The van der Waals surface area contributed by atoms with Crippen molar-refractivity contribution in [3.63, 3.8) is 0 Å². The number of rotatable bonds is 1. The van der Waals surface area contributed by atoms with Crippen LogP contribution in [0.25, 0.3) is 0 Å². The van der Waals surface area contributed by atoms with E-state index in [1.54, 1.807) is 0 Å². The first-order valence-corrected chi connectivity index (χ1v) is 6.58. The summed E-state index contributed by atoms with van der Waals surface area (Å²) in [5.74, 6) is 0.885. The Bertz CT molecular complexity index is 269. The Morgan fingerprint density at radius 2 is 1.75 bits per heavy atom. The summed E-state index contributed by atoms with van der Waals surface area (Å²) in [6.07, 6.45) is 7.88. The lowest BCUT2D eigenvalue weighted by Gasteiger charge is -2.28. The fraction of sp³-hybridized carbons (Fsp3) is 0.846. The number of carbonyl (C=O) groups is 2. The molecule has 3 heteroatoms. The second kappa shape index (κ2) is 5.46. The van der Waals surface area contributed by atoms with Crippen LogP contribution in [0.15, 0.2) is 0 Å². The Morgan fingerprint density at radius 1 is 1.00 bits per heavy atom. The van der Waals surface area contributed by atoms with E-state index in [9.17, 15) is 9.59 Å². The molecule has 0 spiro atoms. The molecule has 0 unspecified atom stereocenters. The standard InChI is InChI=1S/C13H21NO2/c15-12-7-4-9-14(10-8-12)13(16)11-5-2-1-3-6-11/h11H,1-10H2. The van der Waals surface area contributed by atoms with Crippen LogP contribution in [0.1, 0.15) is 51.4 Å². The van der Waals surface area contributed by atoms with Gasteiger partial charge in [0.25, 0.3) is 0 Å². The highest BCUT2D eigenvalue weighted by Crippen LogP contribution is 2.26. The van der Waals surface area contributed by atoms with Gasteiger partial charge in [0.1, 0.15) is 5.78 Å². The van der Waals surface area contributed by atoms with E-state index in [4.69, 9.17) is 0 Å². The van der Waals surface area contributed by atoms with Gasteiger partial charge < -0.3 is 4.90 Å². The Morgan fingerprint density at radius 3 is 2.50 bits per heavy atom. The molecule has 16 heavy (non-hydrogen) atoms. The molecular formula is C13H21NO2. The van der Waals surface area contributed by atoms with Crippen LogP contribution in [0.3, 0.4) is 0 Å². The average Bonchev–Trinajstić information content (AvgIpc) is 2.54. The van der Waals surface area contributed by atoms with Crippen molar-refractivity contribution in [3.8, 4) is 0 Å². The predicted octanol–water partition coefficient (Wildman–Crippen LogP) is 2.15. The van der Waals surface area contributed by atoms with Crippen LogP contribution in [0, 0.1) is 5.92 Å². The van der Waals surface area contributed by atoms with E-state index >= 15 is 0 Å². The molecule has 1 amide bonds. The first-order valence-electron chi connectivity index (χ1n) is 6.58. The molecule has 90 valence electrons. The molecule has 0 aromatic rings. The van der Waals surface area contributed by atoms with Crippen molar-refractivity contribution in [2.75, 3.05) is 13.1 Å². The van der Waals surface area contributed by atoms with Crippen LogP contribution in [-0.4, -0.2) is 29.7 Å². The maximum Gasteiger partial charge on any atom is 0.225 e. The van der Waals surface area contributed by atoms with E-state index in [-0.39, 0.29) is 5.92 Å². The van der Waals surface area contributed by atoms with E-state index in [0.29, 0.717) is 31.1 Å². The molecule has 2 fully saturated rings. The normalized spacial score (nSPS) is 24.2. The zero-order chi connectivity index (χ0) is 11.4. The molecular weight excluding hydrogens is 202 g/mol. The lowest BCUT2D eigenvalue weighted by Crippen LogP contribution is -2.37. The Kier molecular flexibility index (Phi) is 3.97. The molecule has 1 heterocycles. The number of likely N-dealkylation sites (tertiary alicyclic amines) is 1. The molecule has 0 aromatic carbocycles. The van der Waals surface area contributed by atoms with Crippen molar-refractivity contribution in [2.45, 2.75) is 51.4 Å². The SMILES string of the molecule is O=C1CCCN(C(=O)C2CCCCC2)CC1. The quantitative estimate of drug-likeness (QED) is 0.683. The number of carbonyl (C=O) groups excluding carboxylic acids is 2. The summed E-state index contributed by atoms with van der Waals surface area (Å²) in [4.78, 5) is 25.4. The van der Waals surface area contributed by atoms with Gasteiger partial charge in [-0.2, -0.15) is 0 Å². The molecule has 0 aromatic heterocycles. The Labute approximate surface area is 97.2 Å². The highest BCUT2D eigenvalue weighted by Gasteiger charge is 2.27. The van der Waals surface area contributed by atoms with Gasteiger partial charge in [0, 0.05) is 31.8 Å². The van der Waals surface area contributed by atoms with Crippen molar-refractivity contribution in [1.29, 1.82) is 0 Å². The highest BCUT2D eigenvalue weighted by atomic mass is 16.2. The third-order valence-electron chi connectivity index (χ3n) is 3.81. The summed E-state index contributed by atoms with van der Waals surface area (Å²) in [6, 6.07) is 0. The van der Waals surface area contributed by atoms with Gasteiger partial charge in [0.05, 0.1) is 0 Å². The molecule has 1 aliphatic carbocycles. The lowest BCUT2D eigenvalue weighted by molar-refractivity contribution is -0.136. The van der Waals surface area contributed by atoms with Crippen LogP contribution >= 0.6 is 0 Å². The van der Waals surface area contributed by atoms with E-state index in [2.05, 4.69) is 0 Å². The van der Waals surface area contributed by atoms with Gasteiger partial charge in [0.2, 0.25) is 5.91 Å². The fourth-order valence-corrected chi connectivity index (χ4v) is 2.79. The second-order valence-corrected chi connectivity index (χ2v) is 5.05.